The summed E-state index contributed by atoms with van der Waals surface area (Å²) in [5, 5.41) is 3.78. The number of carbonyl (C=O) groups excluding carboxylic acids is 1. The molecular weight excluding hydrogens is 362 g/mol. The molecule has 140 valence electrons. The van der Waals surface area contributed by atoms with Crippen LogP contribution in [-0.2, 0) is 14.8 Å². The summed E-state index contributed by atoms with van der Waals surface area (Å²) in [6, 6.07) is 16.5. The number of fused-ring (bicyclic) bond motifs is 1. The molecule has 1 aliphatic rings. The van der Waals surface area contributed by atoms with Crippen LogP contribution >= 0.6 is 0 Å². The minimum atomic E-state index is -3.55. The molecule has 0 aliphatic carbocycles. The number of hydrogen-bond donors (Lipinski definition) is 2. The Morgan fingerprint density at radius 3 is 2.59 bits per heavy atom. The molecule has 0 saturated carbocycles. The van der Waals surface area contributed by atoms with Gasteiger partial charge in [0.15, 0.2) is 0 Å². The van der Waals surface area contributed by atoms with E-state index in [-0.39, 0.29) is 16.7 Å². The second-order valence-electron chi connectivity index (χ2n) is 6.87. The van der Waals surface area contributed by atoms with Crippen molar-refractivity contribution in [2.75, 3.05) is 18.4 Å². The lowest BCUT2D eigenvalue weighted by Gasteiger charge is -2.16. The van der Waals surface area contributed by atoms with E-state index in [1.807, 2.05) is 18.2 Å². The Morgan fingerprint density at radius 1 is 1.15 bits per heavy atom. The number of amides is 1. The number of nitrogens with zero attached hydrogens (tertiary/aromatic N) is 1. The maximum absolute atomic E-state index is 12.9. The summed E-state index contributed by atoms with van der Waals surface area (Å²) in [4.78, 5) is 14.8. The number of para-hydroxylation sites is 1. The molecule has 0 radical (unpaired) electrons. The van der Waals surface area contributed by atoms with Crippen LogP contribution in [0.5, 0.6) is 0 Å². The van der Waals surface area contributed by atoms with Crippen molar-refractivity contribution in [3.8, 4) is 0 Å². The fourth-order valence-electron chi connectivity index (χ4n) is 3.58. The average Bonchev–Trinajstić information content (AvgIpc) is 3.29. The van der Waals surface area contributed by atoms with Crippen molar-refractivity contribution in [3.63, 3.8) is 0 Å². The quantitative estimate of drug-likeness (QED) is 0.725. The fraction of sp³-hybridized carbons (Fsp3) is 0.250. The van der Waals surface area contributed by atoms with E-state index in [0.717, 1.165) is 23.0 Å². The molecule has 0 spiro atoms. The normalized spacial score (nSPS) is 18.0. The van der Waals surface area contributed by atoms with Crippen LogP contribution in [0.3, 0.4) is 0 Å². The minimum absolute atomic E-state index is 0.158. The van der Waals surface area contributed by atoms with E-state index in [1.54, 1.807) is 12.1 Å². The summed E-state index contributed by atoms with van der Waals surface area (Å²) >= 11 is 0. The average molecular weight is 383 g/mol. The van der Waals surface area contributed by atoms with Crippen LogP contribution < -0.4 is 5.32 Å². The standard InChI is InChI=1S/C20H21N3O3S/c1-14(24)21-17-6-8-18(9-7-17)27(25,26)23-11-10-16(13-23)20-12-15-4-2-3-5-19(15)22-20/h2-9,12,16,22H,10-11,13H2,1H3,(H,21,24). The summed E-state index contributed by atoms with van der Waals surface area (Å²) in [5.41, 5.74) is 2.73. The van der Waals surface area contributed by atoms with Gasteiger partial charge in [-0.1, -0.05) is 18.2 Å². The van der Waals surface area contributed by atoms with Gasteiger partial charge in [0.05, 0.1) is 4.90 Å². The summed E-state index contributed by atoms with van der Waals surface area (Å²) in [6.45, 7) is 2.37. The zero-order valence-corrected chi connectivity index (χ0v) is 15.8. The molecule has 1 amide bonds. The maximum Gasteiger partial charge on any atom is 0.243 e. The third-order valence-electron chi connectivity index (χ3n) is 4.95. The smallest absolute Gasteiger partial charge is 0.243 e. The first-order valence-electron chi connectivity index (χ1n) is 8.89. The van der Waals surface area contributed by atoms with Gasteiger partial charge in [0.1, 0.15) is 0 Å². The van der Waals surface area contributed by atoms with Gasteiger partial charge < -0.3 is 10.3 Å². The lowest BCUT2D eigenvalue weighted by Crippen LogP contribution is -2.28. The van der Waals surface area contributed by atoms with Gasteiger partial charge in [-0.3, -0.25) is 4.79 Å². The van der Waals surface area contributed by atoms with E-state index >= 15 is 0 Å². The topological polar surface area (TPSA) is 82.3 Å². The summed E-state index contributed by atoms with van der Waals surface area (Å²) in [6.07, 6.45) is 0.788. The Bertz CT molecular complexity index is 1050. The molecule has 1 fully saturated rings. The van der Waals surface area contributed by atoms with E-state index in [2.05, 4.69) is 22.4 Å². The molecule has 3 aromatic rings. The Hall–Kier alpha value is -2.64. The van der Waals surface area contributed by atoms with Crippen LogP contribution in [0.25, 0.3) is 10.9 Å². The van der Waals surface area contributed by atoms with E-state index in [0.29, 0.717) is 18.8 Å². The highest BCUT2D eigenvalue weighted by atomic mass is 32.2. The third-order valence-corrected chi connectivity index (χ3v) is 6.83. The van der Waals surface area contributed by atoms with Gasteiger partial charge in [-0.25, -0.2) is 8.42 Å². The molecule has 7 heteroatoms. The zero-order valence-electron chi connectivity index (χ0n) is 15.0. The van der Waals surface area contributed by atoms with Gasteiger partial charge in [0, 0.05) is 42.8 Å². The van der Waals surface area contributed by atoms with Crippen molar-refractivity contribution in [1.29, 1.82) is 0 Å². The van der Waals surface area contributed by atoms with Crippen LogP contribution in [0.4, 0.5) is 5.69 Å². The van der Waals surface area contributed by atoms with Gasteiger partial charge in [-0.2, -0.15) is 4.31 Å². The van der Waals surface area contributed by atoms with Crippen molar-refractivity contribution in [2.45, 2.75) is 24.2 Å². The van der Waals surface area contributed by atoms with Crippen molar-refractivity contribution in [1.82, 2.24) is 9.29 Å². The number of hydrogen-bond acceptors (Lipinski definition) is 3. The lowest BCUT2D eigenvalue weighted by atomic mass is 10.1. The molecule has 1 saturated heterocycles. The van der Waals surface area contributed by atoms with Crippen LogP contribution in [0.2, 0.25) is 0 Å². The first-order valence-corrected chi connectivity index (χ1v) is 10.3. The van der Waals surface area contributed by atoms with Crippen molar-refractivity contribution >= 4 is 32.5 Å². The predicted molar refractivity (Wildman–Crippen MR) is 105 cm³/mol. The highest BCUT2D eigenvalue weighted by Gasteiger charge is 2.33. The molecule has 0 bridgehead atoms. The van der Waals surface area contributed by atoms with Crippen molar-refractivity contribution in [3.05, 3.63) is 60.3 Å². The number of carbonyl (C=O) groups is 1. The van der Waals surface area contributed by atoms with Crippen molar-refractivity contribution in [2.24, 2.45) is 0 Å². The Kier molecular flexibility index (Phi) is 4.49. The molecule has 4 rings (SSSR count). The van der Waals surface area contributed by atoms with Crippen molar-refractivity contribution < 1.29 is 13.2 Å². The molecule has 2 N–H and O–H groups in total. The molecule has 1 unspecified atom stereocenters. The van der Waals surface area contributed by atoms with Gasteiger partial charge in [-0.05, 0) is 48.2 Å². The Morgan fingerprint density at radius 2 is 1.89 bits per heavy atom. The molecule has 1 aliphatic heterocycles. The first-order chi connectivity index (χ1) is 12.9. The predicted octanol–water partition coefficient (Wildman–Crippen LogP) is 3.30. The monoisotopic (exact) mass is 383 g/mol. The summed E-state index contributed by atoms with van der Waals surface area (Å²) in [5.74, 6) is -0.0304. The summed E-state index contributed by atoms with van der Waals surface area (Å²) in [7, 11) is -3.55. The van der Waals surface area contributed by atoms with Gasteiger partial charge in [0.2, 0.25) is 15.9 Å². The largest absolute Gasteiger partial charge is 0.358 e. The second kappa shape index (κ2) is 6.83. The highest BCUT2D eigenvalue weighted by molar-refractivity contribution is 7.89. The number of H-pyrrole nitrogens is 1. The molecule has 2 aromatic carbocycles. The van der Waals surface area contributed by atoms with Crippen LogP contribution in [0, 0.1) is 0 Å². The van der Waals surface area contributed by atoms with Gasteiger partial charge in [0.25, 0.3) is 0 Å². The van der Waals surface area contributed by atoms with Crippen LogP contribution in [-0.4, -0.2) is 36.7 Å². The number of sulfonamides is 1. The molecule has 1 aromatic heterocycles. The number of anilines is 1. The molecule has 6 nitrogen and oxygen atoms in total. The third kappa shape index (κ3) is 3.48. The second-order valence-corrected chi connectivity index (χ2v) is 8.80. The Balaban J connectivity index is 1.52. The minimum Gasteiger partial charge on any atom is -0.358 e. The van der Waals surface area contributed by atoms with E-state index in [1.165, 1.54) is 23.4 Å². The van der Waals surface area contributed by atoms with Crippen LogP contribution in [0.15, 0.2) is 59.5 Å². The number of nitrogens with one attached hydrogen (secondary N) is 2. The first kappa shape index (κ1) is 17.8. The van der Waals surface area contributed by atoms with Gasteiger partial charge >= 0.3 is 0 Å². The molecular formula is C20H21N3O3S. The molecule has 2 heterocycles. The van der Waals surface area contributed by atoms with Gasteiger partial charge in [-0.15, -0.1) is 0 Å². The van der Waals surface area contributed by atoms with E-state index in [9.17, 15) is 13.2 Å². The van der Waals surface area contributed by atoms with Crippen LogP contribution in [0.1, 0.15) is 25.0 Å². The Labute approximate surface area is 158 Å². The SMILES string of the molecule is CC(=O)Nc1ccc(S(=O)(=O)N2CCC(c3cc4ccccc4[nH]3)C2)cc1. The number of aromatic amines is 1. The zero-order chi connectivity index (χ0) is 19.0. The lowest BCUT2D eigenvalue weighted by molar-refractivity contribution is -0.114. The fourth-order valence-corrected chi connectivity index (χ4v) is 5.08. The van der Waals surface area contributed by atoms with E-state index < -0.39 is 10.0 Å². The summed E-state index contributed by atoms with van der Waals surface area (Å²) < 4.78 is 27.4. The maximum atomic E-state index is 12.9. The highest BCUT2D eigenvalue weighted by Crippen LogP contribution is 2.32. The number of benzene rings is 2. The van der Waals surface area contributed by atoms with E-state index in [4.69, 9.17) is 0 Å². The molecule has 1 atom stereocenters. The number of rotatable bonds is 4. The molecule has 27 heavy (non-hydrogen) atoms. The number of aromatic nitrogens is 1.